The van der Waals surface area contributed by atoms with Crippen molar-refractivity contribution in [2.75, 3.05) is 0 Å². The Labute approximate surface area is 194 Å². The number of rotatable bonds is 6. The molecule has 0 fully saturated rings. The monoisotopic (exact) mass is 436 g/mol. The summed E-state index contributed by atoms with van der Waals surface area (Å²) in [6.07, 6.45) is 1.95. The Morgan fingerprint density at radius 1 is 0.939 bits per heavy atom. The molecular weight excluding hydrogens is 411 g/mol. The van der Waals surface area contributed by atoms with E-state index >= 15 is 0 Å². The lowest BCUT2D eigenvalue weighted by Crippen LogP contribution is -2.00. The van der Waals surface area contributed by atoms with Gasteiger partial charge in [0, 0.05) is 17.1 Å². The third kappa shape index (κ3) is 5.05. The van der Waals surface area contributed by atoms with E-state index in [1.807, 2.05) is 61.5 Å². The largest absolute Gasteiger partial charge is 0.489 e. The molecule has 3 nitrogen and oxygen atoms in total. The number of allylic oxidation sites excluding steroid dienone is 1. The Morgan fingerprint density at radius 2 is 1.61 bits per heavy atom. The van der Waals surface area contributed by atoms with Crippen LogP contribution in [0.4, 0.5) is 4.39 Å². The first-order chi connectivity index (χ1) is 15.9. The van der Waals surface area contributed by atoms with Gasteiger partial charge in [0.15, 0.2) is 0 Å². The summed E-state index contributed by atoms with van der Waals surface area (Å²) in [7, 11) is 0. The number of nitriles is 1. The van der Waals surface area contributed by atoms with Crippen LogP contribution in [0.3, 0.4) is 0 Å². The van der Waals surface area contributed by atoms with Gasteiger partial charge in [-0.1, -0.05) is 42.0 Å². The van der Waals surface area contributed by atoms with Crippen molar-refractivity contribution in [1.82, 2.24) is 4.57 Å². The van der Waals surface area contributed by atoms with Crippen LogP contribution in [0, 0.1) is 37.9 Å². The molecule has 0 aliphatic heterocycles. The number of nitrogens with zero attached hydrogens (tertiary/aromatic N) is 2. The zero-order chi connectivity index (χ0) is 23.4. The highest BCUT2D eigenvalue weighted by molar-refractivity contribution is 5.90. The Morgan fingerprint density at radius 3 is 2.24 bits per heavy atom. The van der Waals surface area contributed by atoms with Gasteiger partial charge in [-0.05, 0) is 86.0 Å². The Bertz CT molecular complexity index is 1320. The number of ether oxygens (including phenoxy) is 1. The summed E-state index contributed by atoms with van der Waals surface area (Å²) in [5, 5.41) is 9.71. The second-order valence-corrected chi connectivity index (χ2v) is 8.11. The molecule has 33 heavy (non-hydrogen) atoms. The van der Waals surface area contributed by atoms with Crippen molar-refractivity contribution < 1.29 is 9.13 Å². The van der Waals surface area contributed by atoms with Crippen LogP contribution < -0.4 is 4.74 Å². The Hall–Kier alpha value is -4.10. The van der Waals surface area contributed by atoms with Gasteiger partial charge in [0.2, 0.25) is 0 Å². The first-order valence-electron chi connectivity index (χ1n) is 10.8. The molecule has 0 aliphatic carbocycles. The molecule has 4 heteroatoms. The van der Waals surface area contributed by atoms with Crippen molar-refractivity contribution in [3.8, 4) is 17.5 Å². The topological polar surface area (TPSA) is 38.0 Å². The number of hydrogen-bond acceptors (Lipinski definition) is 2. The normalized spacial score (nSPS) is 11.3. The van der Waals surface area contributed by atoms with Crippen LogP contribution in [0.5, 0.6) is 5.75 Å². The molecule has 4 aromatic rings. The smallest absolute Gasteiger partial charge is 0.123 e. The van der Waals surface area contributed by atoms with Crippen molar-refractivity contribution in [3.63, 3.8) is 0 Å². The van der Waals surface area contributed by atoms with Crippen LogP contribution in [0.15, 0.2) is 78.9 Å². The Balaban J connectivity index is 1.55. The van der Waals surface area contributed by atoms with E-state index in [1.165, 1.54) is 17.7 Å². The van der Waals surface area contributed by atoms with E-state index in [0.717, 1.165) is 39.5 Å². The summed E-state index contributed by atoms with van der Waals surface area (Å²) < 4.78 is 21.1. The maximum atomic E-state index is 13.1. The summed E-state index contributed by atoms with van der Waals surface area (Å²) >= 11 is 0. The molecule has 0 N–H and O–H groups in total. The fourth-order valence-electron chi connectivity index (χ4n) is 3.84. The van der Waals surface area contributed by atoms with E-state index in [-0.39, 0.29) is 5.82 Å². The number of aryl methyl sites for hydroxylation is 2. The molecule has 0 saturated carbocycles. The lowest BCUT2D eigenvalue weighted by atomic mass is 10.0. The van der Waals surface area contributed by atoms with Crippen LogP contribution in [-0.4, -0.2) is 4.57 Å². The van der Waals surface area contributed by atoms with Crippen molar-refractivity contribution in [2.24, 2.45) is 0 Å². The van der Waals surface area contributed by atoms with Gasteiger partial charge in [0.1, 0.15) is 18.2 Å². The summed E-state index contributed by atoms with van der Waals surface area (Å²) in [5.41, 5.74) is 7.81. The fraction of sp³-hybridized carbons (Fsp3) is 0.138. The predicted octanol–water partition coefficient (Wildman–Crippen LogP) is 7.18. The molecule has 3 aromatic carbocycles. The molecule has 0 radical (unpaired) electrons. The van der Waals surface area contributed by atoms with Gasteiger partial charge in [-0.15, -0.1) is 0 Å². The molecule has 0 spiro atoms. The van der Waals surface area contributed by atoms with Gasteiger partial charge < -0.3 is 9.30 Å². The molecule has 0 aliphatic rings. The molecule has 0 amide bonds. The molecular formula is C29H25FN2O. The maximum Gasteiger partial charge on any atom is 0.123 e. The van der Waals surface area contributed by atoms with E-state index in [0.29, 0.717) is 12.2 Å². The van der Waals surface area contributed by atoms with E-state index in [1.54, 1.807) is 12.1 Å². The standard InChI is InChI=1S/C29H25FN2O/c1-20-4-8-24(9-5-20)26(18-31)17-25-16-21(2)32(22(25)3)28-12-14-29(15-13-28)33-19-23-6-10-27(30)11-7-23/h4-17H,19H2,1-3H3/b26-17-. The zero-order valence-electron chi connectivity index (χ0n) is 19.0. The fourth-order valence-corrected chi connectivity index (χ4v) is 3.84. The minimum Gasteiger partial charge on any atom is -0.489 e. The molecule has 4 rings (SSSR count). The molecule has 164 valence electrons. The second kappa shape index (κ2) is 9.58. The maximum absolute atomic E-state index is 13.1. The molecule has 0 atom stereocenters. The van der Waals surface area contributed by atoms with Crippen molar-refractivity contribution in [1.29, 1.82) is 5.26 Å². The first-order valence-corrected chi connectivity index (χ1v) is 10.8. The van der Waals surface area contributed by atoms with Crippen LogP contribution in [-0.2, 0) is 6.61 Å². The van der Waals surface area contributed by atoms with Crippen LogP contribution in [0.25, 0.3) is 17.3 Å². The molecule has 0 saturated heterocycles. The van der Waals surface area contributed by atoms with Gasteiger partial charge in [-0.25, -0.2) is 4.39 Å². The predicted molar refractivity (Wildman–Crippen MR) is 131 cm³/mol. The van der Waals surface area contributed by atoms with Crippen molar-refractivity contribution in [3.05, 3.63) is 118 Å². The minimum absolute atomic E-state index is 0.254. The van der Waals surface area contributed by atoms with Crippen LogP contribution in [0.1, 0.15) is 33.6 Å². The SMILES string of the molecule is Cc1ccc(/C(C#N)=C\c2cc(C)n(-c3ccc(OCc4ccc(F)cc4)cc3)c2C)cc1. The van der Waals surface area contributed by atoms with Crippen LogP contribution in [0.2, 0.25) is 0 Å². The quantitative estimate of drug-likeness (QED) is 0.300. The molecule has 0 bridgehead atoms. The molecule has 1 heterocycles. The zero-order valence-corrected chi connectivity index (χ0v) is 19.0. The summed E-state index contributed by atoms with van der Waals surface area (Å²) in [5.74, 6) is 0.493. The average molecular weight is 437 g/mol. The van der Waals surface area contributed by atoms with Crippen molar-refractivity contribution >= 4 is 11.6 Å². The van der Waals surface area contributed by atoms with Crippen LogP contribution >= 0.6 is 0 Å². The van der Waals surface area contributed by atoms with E-state index in [2.05, 4.69) is 30.6 Å². The number of hydrogen-bond donors (Lipinski definition) is 0. The second-order valence-electron chi connectivity index (χ2n) is 8.11. The molecule has 0 unspecified atom stereocenters. The highest BCUT2D eigenvalue weighted by Gasteiger charge is 2.11. The minimum atomic E-state index is -0.254. The third-order valence-electron chi connectivity index (χ3n) is 5.67. The highest BCUT2D eigenvalue weighted by atomic mass is 19.1. The van der Waals surface area contributed by atoms with E-state index < -0.39 is 0 Å². The number of halogens is 1. The summed E-state index contributed by atoms with van der Waals surface area (Å²) in [4.78, 5) is 0. The van der Waals surface area contributed by atoms with Crippen molar-refractivity contribution in [2.45, 2.75) is 27.4 Å². The summed E-state index contributed by atoms with van der Waals surface area (Å²) in [6.45, 7) is 6.53. The van der Waals surface area contributed by atoms with Gasteiger partial charge in [-0.2, -0.15) is 5.26 Å². The lowest BCUT2D eigenvalue weighted by molar-refractivity contribution is 0.306. The third-order valence-corrected chi connectivity index (χ3v) is 5.67. The van der Waals surface area contributed by atoms with Gasteiger partial charge in [0.05, 0.1) is 11.6 Å². The first kappa shape index (κ1) is 22.1. The summed E-state index contributed by atoms with van der Waals surface area (Å²) in [6, 6.07) is 26.6. The van der Waals surface area contributed by atoms with Gasteiger partial charge in [-0.3, -0.25) is 0 Å². The lowest BCUT2D eigenvalue weighted by Gasteiger charge is -2.12. The van der Waals surface area contributed by atoms with Gasteiger partial charge in [0.25, 0.3) is 0 Å². The number of aromatic nitrogens is 1. The number of benzene rings is 3. The Kier molecular flexibility index (Phi) is 6.42. The molecule has 1 aromatic heterocycles. The highest BCUT2D eigenvalue weighted by Crippen LogP contribution is 2.26. The van der Waals surface area contributed by atoms with E-state index in [4.69, 9.17) is 4.74 Å². The van der Waals surface area contributed by atoms with E-state index in [9.17, 15) is 9.65 Å². The van der Waals surface area contributed by atoms with Gasteiger partial charge >= 0.3 is 0 Å². The average Bonchev–Trinajstić information content (AvgIpc) is 3.10.